The normalized spacial score (nSPS) is 10.7. The molecule has 1 aromatic carbocycles. The van der Waals surface area contributed by atoms with Gasteiger partial charge in [0.05, 0.1) is 0 Å². The molecule has 0 atom stereocenters. The predicted octanol–water partition coefficient (Wildman–Crippen LogP) is 3.44. The third-order valence-electron chi connectivity index (χ3n) is 3.00. The van der Waals surface area contributed by atoms with E-state index in [1.807, 2.05) is 18.2 Å². The fourth-order valence-corrected chi connectivity index (χ4v) is 2.03. The highest BCUT2D eigenvalue weighted by molar-refractivity contribution is 5.86. The van der Waals surface area contributed by atoms with Gasteiger partial charge in [0, 0.05) is 12.2 Å². The molecule has 2 rings (SSSR count). The molecule has 0 spiro atoms. The summed E-state index contributed by atoms with van der Waals surface area (Å²) in [6.45, 7) is 2.64. The Labute approximate surface area is 118 Å². The molecule has 4 heteroatoms. The molecule has 0 aliphatic heterocycles. The fraction of sp³-hybridized carbons (Fsp3) is 0.312. The molecule has 0 bridgehead atoms. The van der Waals surface area contributed by atoms with E-state index in [2.05, 4.69) is 12.1 Å². The topological polar surface area (TPSA) is 59.7 Å². The first-order chi connectivity index (χ1) is 9.66. The number of aryl methyl sites for hydroxylation is 2. The molecule has 0 fully saturated rings. The molecule has 2 aromatic rings. The van der Waals surface area contributed by atoms with E-state index in [4.69, 9.17) is 14.3 Å². The van der Waals surface area contributed by atoms with Gasteiger partial charge < -0.3 is 14.3 Å². The van der Waals surface area contributed by atoms with Crippen LogP contribution in [0.15, 0.2) is 40.8 Å². The monoisotopic (exact) mass is 274 g/mol. The van der Waals surface area contributed by atoms with Crippen molar-refractivity contribution in [2.45, 2.75) is 26.4 Å². The summed E-state index contributed by atoms with van der Waals surface area (Å²) < 4.78 is 10.7. The van der Waals surface area contributed by atoms with Crippen LogP contribution in [0.5, 0.6) is 0 Å². The van der Waals surface area contributed by atoms with E-state index in [0.29, 0.717) is 24.5 Å². The molecule has 0 radical (unpaired) electrons. The van der Waals surface area contributed by atoms with Gasteiger partial charge in [-0.1, -0.05) is 30.3 Å². The molecule has 0 amide bonds. The summed E-state index contributed by atoms with van der Waals surface area (Å²) >= 11 is 0. The number of ether oxygens (including phenoxy) is 1. The summed E-state index contributed by atoms with van der Waals surface area (Å²) in [5, 5.41) is 8.88. The molecule has 1 heterocycles. The summed E-state index contributed by atoms with van der Waals surface area (Å²) in [5.41, 5.74) is 1.92. The quantitative estimate of drug-likeness (QED) is 0.786. The third kappa shape index (κ3) is 3.96. The third-order valence-corrected chi connectivity index (χ3v) is 3.00. The van der Waals surface area contributed by atoms with Crippen molar-refractivity contribution in [1.29, 1.82) is 0 Å². The molecule has 0 saturated heterocycles. The Bertz CT molecular complexity index is 557. The standard InChI is InChI=1S/C16H18O4/c1-12-10-14(20-15(12)16(17)18)11-19-9-5-8-13-6-3-2-4-7-13/h2-4,6-7,10H,5,8-9,11H2,1H3,(H,17,18). The lowest BCUT2D eigenvalue weighted by molar-refractivity contribution is 0.0645. The zero-order chi connectivity index (χ0) is 14.4. The number of carbonyl (C=O) groups is 1. The van der Waals surface area contributed by atoms with E-state index in [1.54, 1.807) is 13.0 Å². The van der Waals surface area contributed by atoms with Gasteiger partial charge in [-0.2, -0.15) is 0 Å². The van der Waals surface area contributed by atoms with E-state index < -0.39 is 5.97 Å². The van der Waals surface area contributed by atoms with Gasteiger partial charge in [0.1, 0.15) is 12.4 Å². The molecule has 0 saturated carbocycles. The summed E-state index contributed by atoms with van der Waals surface area (Å²) in [6, 6.07) is 11.9. The summed E-state index contributed by atoms with van der Waals surface area (Å²) in [5.74, 6) is -0.495. The number of hydrogen-bond donors (Lipinski definition) is 1. The Morgan fingerprint density at radius 3 is 2.70 bits per heavy atom. The molecule has 106 valence electrons. The van der Waals surface area contributed by atoms with E-state index in [0.717, 1.165) is 12.8 Å². The average Bonchev–Trinajstić information content (AvgIpc) is 2.81. The Hall–Kier alpha value is -2.07. The highest BCUT2D eigenvalue weighted by Gasteiger charge is 2.13. The highest BCUT2D eigenvalue weighted by Crippen LogP contribution is 2.15. The summed E-state index contributed by atoms with van der Waals surface area (Å²) in [7, 11) is 0. The molecule has 1 aromatic heterocycles. The van der Waals surface area contributed by atoms with Crippen LogP contribution in [-0.4, -0.2) is 17.7 Å². The van der Waals surface area contributed by atoms with Crippen molar-refractivity contribution < 1.29 is 19.1 Å². The van der Waals surface area contributed by atoms with E-state index in [9.17, 15) is 4.79 Å². The lowest BCUT2D eigenvalue weighted by Crippen LogP contribution is -1.97. The number of furan rings is 1. The van der Waals surface area contributed by atoms with Crippen LogP contribution < -0.4 is 0 Å². The fourth-order valence-electron chi connectivity index (χ4n) is 2.03. The van der Waals surface area contributed by atoms with Crippen molar-refractivity contribution in [3.05, 3.63) is 59.0 Å². The first-order valence-electron chi connectivity index (χ1n) is 6.61. The molecular weight excluding hydrogens is 256 g/mol. The maximum atomic E-state index is 10.8. The van der Waals surface area contributed by atoms with Gasteiger partial charge in [0.2, 0.25) is 5.76 Å². The Kier molecular flexibility index (Phi) is 4.96. The van der Waals surface area contributed by atoms with Gasteiger partial charge in [0.25, 0.3) is 0 Å². The van der Waals surface area contributed by atoms with Crippen LogP contribution in [0.1, 0.15) is 33.9 Å². The van der Waals surface area contributed by atoms with E-state index in [1.165, 1.54) is 5.56 Å². The zero-order valence-corrected chi connectivity index (χ0v) is 11.5. The van der Waals surface area contributed by atoms with Crippen LogP contribution in [0.25, 0.3) is 0 Å². The van der Waals surface area contributed by atoms with Crippen molar-refractivity contribution in [3.63, 3.8) is 0 Å². The number of rotatable bonds is 7. The minimum atomic E-state index is -1.04. The van der Waals surface area contributed by atoms with Crippen LogP contribution in [0.4, 0.5) is 0 Å². The number of carboxylic acids is 1. The van der Waals surface area contributed by atoms with Crippen molar-refractivity contribution in [3.8, 4) is 0 Å². The molecule has 0 aliphatic carbocycles. The molecule has 4 nitrogen and oxygen atoms in total. The predicted molar refractivity (Wildman–Crippen MR) is 74.8 cm³/mol. The average molecular weight is 274 g/mol. The molecule has 0 aliphatic rings. The molecule has 1 N–H and O–H groups in total. The number of aromatic carboxylic acids is 1. The number of carboxylic acid groups (broad SMARTS) is 1. The Balaban J connectivity index is 1.71. The largest absolute Gasteiger partial charge is 0.475 e. The summed E-state index contributed by atoms with van der Waals surface area (Å²) in [6.07, 6.45) is 1.90. The number of hydrogen-bond acceptors (Lipinski definition) is 3. The highest BCUT2D eigenvalue weighted by atomic mass is 16.5. The van der Waals surface area contributed by atoms with E-state index >= 15 is 0 Å². The Morgan fingerprint density at radius 2 is 2.05 bits per heavy atom. The zero-order valence-electron chi connectivity index (χ0n) is 11.5. The van der Waals surface area contributed by atoms with Crippen LogP contribution in [-0.2, 0) is 17.8 Å². The SMILES string of the molecule is Cc1cc(COCCCc2ccccc2)oc1C(=O)O. The molecule has 20 heavy (non-hydrogen) atoms. The van der Waals surface area contributed by atoms with Crippen molar-refractivity contribution in [2.24, 2.45) is 0 Å². The molecular formula is C16H18O4. The van der Waals surface area contributed by atoms with Crippen LogP contribution in [0, 0.1) is 6.92 Å². The van der Waals surface area contributed by atoms with Gasteiger partial charge in [-0.3, -0.25) is 0 Å². The smallest absolute Gasteiger partial charge is 0.372 e. The van der Waals surface area contributed by atoms with Gasteiger partial charge in [0.15, 0.2) is 0 Å². The first kappa shape index (κ1) is 14.3. The maximum Gasteiger partial charge on any atom is 0.372 e. The lowest BCUT2D eigenvalue weighted by Gasteiger charge is -2.02. The van der Waals surface area contributed by atoms with Gasteiger partial charge in [-0.15, -0.1) is 0 Å². The van der Waals surface area contributed by atoms with E-state index in [-0.39, 0.29) is 5.76 Å². The maximum absolute atomic E-state index is 10.8. The second kappa shape index (κ2) is 6.91. The second-order valence-electron chi connectivity index (χ2n) is 4.67. The van der Waals surface area contributed by atoms with Crippen LogP contribution >= 0.6 is 0 Å². The first-order valence-corrected chi connectivity index (χ1v) is 6.61. The second-order valence-corrected chi connectivity index (χ2v) is 4.67. The summed E-state index contributed by atoms with van der Waals surface area (Å²) in [4.78, 5) is 10.8. The van der Waals surface area contributed by atoms with Gasteiger partial charge in [-0.25, -0.2) is 4.79 Å². The van der Waals surface area contributed by atoms with Crippen molar-refractivity contribution >= 4 is 5.97 Å². The van der Waals surface area contributed by atoms with Crippen molar-refractivity contribution in [2.75, 3.05) is 6.61 Å². The van der Waals surface area contributed by atoms with Gasteiger partial charge >= 0.3 is 5.97 Å². The minimum Gasteiger partial charge on any atom is -0.475 e. The molecule has 0 unspecified atom stereocenters. The number of benzene rings is 1. The lowest BCUT2D eigenvalue weighted by atomic mass is 10.1. The minimum absolute atomic E-state index is 0.00659. The van der Waals surface area contributed by atoms with Crippen LogP contribution in [0.3, 0.4) is 0 Å². The Morgan fingerprint density at radius 1 is 1.30 bits per heavy atom. The van der Waals surface area contributed by atoms with Crippen LogP contribution in [0.2, 0.25) is 0 Å². The van der Waals surface area contributed by atoms with Gasteiger partial charge in [-0.05, 0) is 31.4 Å². The van der Waals surface area contributed by atoms with Crippen molar-refractivity contribution in [1.82, 2.24) is 0 Å².